The van der Waals surface area contributed by atoms with Gasteiger partial charge in [0.15, 0.2) is 0 Å². The molecule has 0 atom stereocenters. The minimum Gasteiger partial charge on any atom is -0.268 e. The Balaban J connectivity index is 2.44. The maximum absolute atomic E-state index is 13.4. The van der Waals surface area contributed by atoms with Gasteiger partial charge in [-0.05, 0) is 61.2 Å². The fourth-order valence-electron chi connectivity index (χ4n) is 3.19. The van der Waals surface area contributed by atoms with E-state index in [0.29, 0.717) is 23.3 Å². The first kappa shape index (κ1) is 16.4. The average molecular weight is 324 g/mol. The van der Waals surface area contributed by atoms with Gasteiger partial charge in [-0.2, -0.15) is 0 Å². The van der Waals surface area contributed by atoms with Crippen LogP contribution < -0.4 is 5.56 Å². The van der Waals surface area contributed by atoms with Gasteiger partial charge >= 0.3 is 0 Å². The predicted octanol–water partition coefficient (Wildman–Crippen LogP) is 4.27. The summed E-state index contributed by atoms with van der Waals surface area (Å²) < 4.78 is 15.1. The molecule has 0 N–H and O–H groups in total. The number of benzene rings is 2. The number of fused-ring (bicyclic) bond motifs is 1. The summed E-state index contributed by atoms with van der Waals surface area (Å²) in [6.45, 7) is 7.83. The molecule has 3 rings (SSSR count). The van der Waals surface area contributed by atoms with Crippen LogP contribution >= 0.6 is 0 Å². The Morgan fingerprint density at radius 3 is 2.46 bits per heavy atom. The Morgan fingerprint density at radius 2 is 1.83 bits per heavy atom. The van der Waals surface area contributed by atoms with Gasteiger partial charge in [-0.1, -0.05) is 19.9 Å². The predicted molar refractivity (Wildman–Crippen MR) is 95.5 cm³/mol. The molecule has 3 nitrogen and oxygen atoms in total. The highest BCUT2D eigenvalue weighted by molar-refractivity contribution is 5.82. The second-order valence-corrected chi connectivity index (χ2v) is 6.13. The topological polar surface area (TPSA) is 34.9 Å². The fourth-order valence-corrected chi connectivity index (χ4v) is 3.19. The quantitative estimate of drug-likeness (QED) is 0.721. The molecule has 0 aliphatic carbocycles. The molecule has 0 saturated heterocycles. The van der Waals surface area contributed by atoms with Crippen LogP contribution in [0.2, 0.25) is 0 Å². The first-order valence-corrected chi connectivity index (χ1v) is 8.28. The molecule has 0 radical (unpaired) electrons. The number of hydrogen-bond acceptors (Lipinski definition) is 2. The van der Waals surface area contributed by atoms with Gasteiger partial charge in [0.25, 0.3) is 5.56 Å². The molecule has 124 valence electrons. The number of aryl methyl sites for hydroxylation is 4. The van der Waals surface area contributed by atoms with Crippen molar-refractivity contribution in [1.29, 1.82) is 0 Å². The van der Waals surface area contributed by atoms with Gasteiger partial charge in [0.1, 0.15) is 11.6 Å². The first-order valence-electron chi connectivity index (χ1n) is 8.28. The van der Waals surface area contributed by atoms with Gasteiger partial charge in [-0.25, -0.2) is 9.37 Å². The highest BCUT2D eigenvalue weighted by atomic mass is 19.1. The van der Waals surface area contributed by atoms with Crippen molar-refractivity contribution in [3.05, 3.63) is 69.0 Å². The Labute approximate surface area is 140 Å². The van der Waals surface area contributed by atoms with Crippen LogP contribution in [0.15, 0.2) is 35.1 Å². The highest BCUT2D eigenvalue weighted by Gasteiger charge is 2.15. The molecule has 0 amide bonds. The minimum atomic E-state index is -0.305. The van der Waals surface area contributed by atoms with Crippen molar-refractivity contribution < 1.29 is 4.39 Å². The number of hydrogen-bond donors (Lipinski definition) is 0. The monoisotopic (exact) mass is 324 g/mol. The standard InChI is InChI=1S/C20H21FN2O/c1-5-14-9-12(3)10-16-19(14)22-18(6-2)23(20(16)24)17-8-7-15(21)11-13(17)4/h7-11H,5-6H2,1-4H3. The summed E-state index contributed by atoms with van der Waals surface area (Å²) in [5.74, 6) is 0.390. The summed E-state index contributed by atoms with van der Waals surface area (Å²) in [7, 11) is 0. The average Bonchev–Trinajstić information content (AvgIpc) is 2.55. The van der Waals surface area contributed by atoms with Gasteiger partial charge in [0, 0.05) is 6.42 Å². The second-order valence-electron chi connectivity index (χ2n) is 6.13. The summed E-state index contributed by atoms with van der Waals surface area (Å²) in [5, 5.41) is 0.618. The molecule has 0 aliphatic heterocycles. The molecular formula is C20H21FN2O. The van der Waals surface area contributed by atoms with E-state index in [9.17, 15) is 9.18 Å². The molecule has 2 aromatic carbocycles. The smallest absolute Gasteiger partial charge is 0.265 e. The van der Waals surface area contributed by atoms with Crippen molar-refractivity contribution in [1.82, 2.24) is 9.55 Å². The number of halogens is 1. The first-order chi connectivity index (χ1) is 11.5. The number of nitrogens with zero attached hydrogens (tertiary/aromatic N) is 2. The van der Waals surface area contributed by atoms with Crippen molar-refractivity contribution in [2.24, 2.45) is 0 Å². The van der Waals surface area contributed by atoms with Crippen LogP contribution in [0.1, 0.15) is 36.4 Å². The van der Waals surface area contributed by atoms with E-state index in [1.165, 1.54) is 12.1 Å². The fraction of sp³-hybridized carbons (Fsp3) is 0.300. The van der Waals surface area contributed by atoms with Crippen molar-refractivity contribution in [3.8, 4) is 5.69 Å². The maximum atomic E-state index is 13.4. The minimum absolute atomic E-state index is 0.0926. The van der Waals surface area contributed by atoms with Gasteiger partial charge in [-0.3, -0.25) is 9.36 Å². The van der Waals surface area contributed by atoms with Crippen molar-refractivity contribution in [2.45, 2.75) is 40.5 Å². The number of aromatic nitrogens is 2. The van der Waals surface area contributed by atoms with Gasteiger partial charge < -0.3 is 0 Å². The van der Waals surface area contributed by atoms with E-state index in [4.69, 9.17) is 4.98 Å². The highest BCUT2D eigenvalue weighted by Crippen LogP contribution is 2.21. The second kappa shape index (κ2) is 6.19. The lowest BCUT2D eigenvalue weighted by molar-refractivity contribution is 0.625. The lowest BCUT2D eigenvalue weighted by Crippen LogP contribution is -2.25. The molecule has 4 heteroatoms. The van der Waals surface area contributed by atoms with Gasteiger partial charge in [0.2, 0.25) is 0 Å². The Bertz CT molecular complexity index is 989. The molecule has 0 spiro atoms. The SMILES string of the molecule is CCc1cc(C)cc2c(=O)n(-c3ccc(F)cc3C)c(CC)nc12. The van der Waals surface area contributed by atoms with E-state index in [2.05, 4.69) is 13.0 Å². The number of rotatable bonds is 3. The van der Waals surface area contributed by atoms with Crippen LogP contribution in [0.3, 0.4) is 0 Å². The van der Waals surface area contributed by atoms with E-state index < -0.39 is 0 Å². The third kappa shape index (κ3) is 2.62. The molecular weight excluding hydrogens is 303 g/mol. The lowest BCUT2D eigenvalue weighted by Gasteiger charge is -2.16. The van der Waals surface area contributed by atoms with Gasteiger partial charge in [0.05, 0.1) is 16.6 Å². The zero-order valence-electron chi connectivity index (χ0n) is 14.5. The third-order valence-corrected chi connectivity index (χ3v) is 4.36. The van der Waals surface area contributed by atoms with E-state index in [0.717, 1.165) is 28.6 Å². The van der Waals surface area contributed by atoms with Crippen molar-refractivity contribution in [3.63, 3.8) is 0 Å². The molecule has 0 aliphatic rings. The summed E-state index contributed by atoms with van der Waals surface area (Å²) >= 11 is 0. The van der Waals surface area contributed by atoms with E-state index >= 15 is 0 Å². The molecule has 0 fully saturated rings. The molecule has 0 saturated carbocycles. The van der Waals surface area contributed by atoms with E-state index in [1.54, 1.807) is 10.6 Å². The summed E-state index contributed by atoms with van der Waals surface area (Å²) in [5.41, 5.74) is 4.22. The zero-order chi connectivity index (χ0) is 17.4. The Kier molecular flexibility index (Phi) is 4.22. The zero-order valence-corrected chi connectivity index (χ0v) is 14.5. The molecule has 0 unspecified atom stereocenters. The van der Waals surface area contributed by atoms with Crippen LogP contribution in [0.25, 0.3) is 16.6 Å². The lowest BCUT2D eigenvalue weighted by atomic mass is 10.0. The van der Waals surface area contributed by atoms with Crippen LogP contribution in [0.4, 0.5) is 4.39 Å². The molecule has 1 heterocycles. The van der Waals surface area contributed by atoms with Crippen LogP contribution in [-0.4, -0.2) is 9.55 Å². The normalized spacial score (nSPS) is 11.2. The molecule has 24 heavy (non-hydrogen) atoms. The summed E-state index contributed by atoms with van der Waals surface area (Å²) in [6.07, 6.45) is 1.45. The van der Waals surface area contributed by atoms with Crippen molar-refractivity contribution >= 4 is 10.9 Å². The van der Waals surface area contributed by atoms with E-state index in [1.807, 2.05) is 26.8 Å². The van der Waals surface area contributed by atoms with Crippen LogP contribution in [-0.2, 0) is 12.8 Å². The van der Waals surface area contributed by atoms with Crippen LogP contribution in [0, 0.1) is 19.7 Å². The molecule has 0 bridgehead atoms. The summed E-state index contributed by atoms with van der Waals surface area (Å²) in [4.78, 5) is 18.0. The van der Waals surface area contributed by atoms with Gasteiger partial charge in [-0.15, -0.1) is 0 Å². The Morgan fingerprint density at radius 1 is 1.08 bits per heavy atom. The largest absolute Gasteiger partial charge is 0.268 e. The molecule has 3 aromatic rings. The Hall–Kier alpha value is -2.49. The maximum Gasteiger partial charge on any atom is 0.265 e. The summed E-state index contributed by atoms with van der Waals surface area (Å²) in [6, 6.07) is 8.45. The van der Waals surface area contributed by atoms with Crippen molar-refractivity contribution in [2.75, 3.05) is 0 Å². The third-order valence-electron chi connectivity index (χ3n) is 4.36. The van der Waals surface area contributed by atoms with E-state index in [-0.39, 0.29) is 11.4 Å². The molecule has 1 aromatic heterocycles. The van der Waals surface area contributed by atoms with Crippen LogP contribution in [0.5, 0.6) is 0 Å².